The Morgan fingerprint density at radius 2 is 2.26 bits per heavy atom. The minimum absolute atomic E-state index is 0.253. The third kappa shape index (κ3) is 4.44. The van der Waals surface area contributed by atoms with Crippen LogP contribution < -0.4 is 5.73 Å². The fourth-order valence-electron chi connectivity index (χ4n) is 2.81. The Labute approximate surface area is 117 Å². The Balaban J connectivity index is 2.48. The summed E-state index contributed by atoms with van der Waals surface area (Å²) in [5.41, 5.74) is 5.12. The SMILES string of the molecule is COC(=O)C(C)(N)CC(C)N(C)CC1CCCN1C. The molecule has 1 aliphatic rings. The van der Waals surface area contributed by atoms with E-state index < -0.39 is 5.54 Å². The average molecular weight is 271 g/mol. The highest BCUT2D eigenvalue weighted by molar-refractivity contribution is 5.79. The first-order valence-corrected chi connectivity index (χ1v) is 7.05. The van der Waals surface area contributed by atoms with Crippen molar-refractivity contribution >= 4 is 5.97 Å². The minimum atomic E-state index is -0.913. The molecule has 3 atom stereocenters. The maximum absolute atomic E-state index is 11.6. The van der Waals surface area contributed by atoms with Crippen molar-refractivity contribution in [2.24, 2.45) is 5.73 Å². The zero-order chi connectivity index (χ0) is 14.6. The zero-order valence-electron chi connectivity index (χ0n) is 13.0. The number of nitrogens with zero attached hydrogens (tertiary/aromatic N) is 2. The van der Waals surface area contributed by atoms with Gasteiger partial charge in [-0.1, -0.05) is 0 Å². The fraction of sp³-hybridized carbons (Fsp3) is 0.929. The second kappa shape index (κ2) is 6.68. The number of hydrogen-bond donors (Lipinski definition) is 1. The van der Waals surface area contributed by atoms with Crippen LogP contribution in [0.25, 0.3) is 0 Å². The van der Waals surface area contributed by atoms with Gasteiger partial charge in [0.05, 0.1) is 7.11 Å². The summed E-state index contributed by atoms with van der Waals surface area (Å²) in [4.78, 5) is 16.3. The third-order valence-electron chi connectivity index (χ3n) is 4.29. The van der Waals surface area contributed by atoms with E-state index >= 15 is 0 Å². The van der Waals surface area contributed by atoms with E-state index in [-0.39, 0.29) is 12.0 Å². The highest BCUT2D eigenvalue weighted by Gasteiger charge is 2.33. The maximum atomic E-state index is 11.6. The van der Waals surface area contributed by atoms with Crippen molar-refractivity contribution in [1.29, 1.82) is 0 Å². The van der Waals surface area contributed by atoms with Crippen LogP contribution in [0.1, 0.15) is 33.1 Å². The molecule has 0 aromatic rings. The van der Waals surface area contributed by atoms with Crippen LogP contribution in [-0.2, 0) is 9.53 Å². The van der Waals surface area contributed by atoms with Gasteiger partial charge in [0.15, 0.2) is 0 Å². The minimum Gasteiger partial charge on any atom is -0.468 e. The predicted octanol–water partition coefficient (Wildman–Crippen LogP) is 0.681. The summed E-state index contributed by atoms with van der Waals surface area (Å²) >= 11 is 0. The molecule has 0 bridgehead atoms. The number of likely N-dealkylation sites (N-methyl/N-ethyl adjacent to an activating group) is 2. The van der Waals surface area contributed by atoms with Gasteiger partial charge in [-0.15, -0.1) is 0 Å². The maximum Gasteiger partial charge on any atom is 0.325 e. The molecule has 19 heavy (non-hydrogen) atoms. The van der Waals surface area contributed by atoms with Gasteiger partial charge < -0.3 is 20.3 Å². The topological polar surface area (TPSA) is 58.8 Å². The van der Waals surface area contributed by atoms with Gasteiger partial charge in [0, 0.05) is 18.6 Å². The van der Waals surface area contributed by atoms with Crippen LogP contribution in [0.3, 0.4) is 0 Å². The first-order valence-electron chi connectivity index (χ1n) is 7.05. The van der Waals surface area contributed by atoms with Gasteiger partial charge in [0.2, 0.25) is 0 Å². The highest BCUT2D eigenvalue weighted by Crippen LogP contribution is 2.19. The highest BCUT2D eigenvalue weighted by atomic mass is 16.5. The Bertz CT molecular complexity index is 307. The van der Waals surface area contributed by atoms with Crippen molar-refractivity contribution in [1.82, 2.24) is 9.80 Å². The first-order chi connectivity index (χ1) is 8.77. The smallest absolute Gasteiger partial charge is 0.325 e. The third-order valence-corrected chi connectivity index (χ3v) is 4.29. The summed E-state index contributed by atoms with van der Waals surface area (Å²) in [7, 11) is 5.66. The average Bonchev–Trinajstić information content (AvgIpc) is 2.73. The summed E-state index contributed by atoms with van der Waals surface area (Å²) < 4.78 is 4.76. The lowest BCUT2D eigenvalue weighted by atomic mass is 9.94. The second-order valence-corrected chi connectivity index (χ2v) is 6.18. The van der Waals surface area contributed by atoms with Crippen molar-refractivity contribution in [3.05, 3.63) is 0 Å². The van der Waals surface area contributed by atoms with Gasteiger partial charge >= 0.3 is 5.97 Å². The van der Waals surface area contributed by atoms with E-state index in [1.165, 1.54) is 26.5 Å². The van der Waals surface area contributed by atoms with E-state index in [1.807, 2.05) is 0 Å². The fourth-order valence-corrected chi connectivity index (χ4v) is 2.81. The summed E-state index contributed by atoms with van der Waals surface area (Å²) in [5.74, 6) is -0.342. The lowest BCUT2D eigenvalue weighted by Gasteiger charge is -2.33. The number of rotatable bonds is 6. The van der Waals surface area contributed by atoms with Crippen LogP contribution in [0.15, 0.2) is 0 Å². The van der Waals surface area contributed by atoms with E-state index in [0.29, 0.717) is 12.5 Å². The quantitative estimate of drug-likeness (QED) is 0.720. The van der Waals surface area contributed by atoms with E-state index in [0.717, 1.165) is 6.54 Å². The molecule has 0 aromatic carbocycles. The molecular formula is C14H29N3O2. The van der Waals surface area contributed by atoms with Crippen molar-refractivity contribution in [2.45, 2.75) is 50.7 Å². The Kier molecular flexibility index (Phi) is 5.77. The van der Waals surface area contributed by atoms with E-state index in [4.69, 9.17) is 10.5 Å². The number of methoxy groups -OCH3 is 1. The Morgan fingerprint density at radius 3 is 2.74 bits per heavy atom. The molecule has 0 aromatic heterocycles. The van der Waals surface area contributed by atoms with Crippen LogP contribution >= 0.6 is 0 Å². The van der Waals surface area contributed by atoms with Crippen molar-refractivity contribution in [3.63, 3.8) is 0 Å². The van der Waals surface area contributed by atoms with E-state index in [9.17, 15) is 4.79 Å². The number of ether oxygens (including phenoxy) is 1. The molecule has 1 rings (SSSR count). The second-order valence-electron chi connectivity index (χ2n) is 6.18. The standard InChI is InChI=1S/C14H29N3O2/c1-11(9-14(2,15)13(18)19-5)17(4)10-12-7-6-8-16(12)3/h11-12H,6-10,15H2,1-5H3. The molecule has 2 N–H and O–H groups in total. The molecule has 5 heteroatoms. The monoisotopic (exact) mass is 271 g/mol. The molecule has 0 spiro atoms. The molecule has 0 saturated carbocycles. The number of carbonyl (C=O) groups is 1. The van der Waals surface area contributed by atoms with Crippen LogP contribution in [0.5, 0.6) is 0 Å². The molecule has 1 fully saturated rings. The van der Waals surface area contributed by atoms with Crippen LogP contribution in [0.4, 0.5) is 0 Å². The summed E-state index contributed by atoms with van der Waals surface area (Å²) in [6.45, 7) is 6.06. The van der Waals surface area contributed by atoms with E-state index in [2.05, 4.69) is 30.8 Å². The first kappa shape index (κ1) is 16.4. The van der Waals surface area contributed by atoms with Crippen molar-refractivity contribution < 1.29 is 9.53 Å². The zero-order valence-corrected chi connectivity index (χ0v) is 13.0. The van der Waals surface area contributed by atoms with Crippen molar-refractivity contribution in [2.75, 3.05) is 34.3 Å². The number of carbonyl (C=O) groups excluding carboxylic acids is 1. The van der Waals surface area contributed by atoms with Gasteiger partial charge in [-0.25, -0.2) is 0 Å². The number of likely N-dealkylation sites (tertiary alicyclic amines) is 1. The molecule has 0 radical (unpaired) electrons. The largest absolute Gasteiger partial charge is 0.468 e. The molecule has 112 valence electrons. The number of esters is 1. The normalized spacial score (nSPS) is 25.3. The molecule has 1 heterocycles. The van der Waals surface area contributed by atoms with Crippen LogP contribution in [0, 0.1) is 0 Å². The summed E-state index contributed by atoms with van der Waals surface area (Å²) in [5, 5.41) is 0. The predicted molar refractivity (Wildman–Crippen MR) is 77.0 cm³/mol. The molecule has 0 amide bonds. The van der Waals surface area contributed by atoms with Gasteiger partial charge in [-0.2, -0.15) is 0 Å². The lowest BCUT2D eigenvalue weighted by Crippen LogP contribution is -2.51. The Morgan fingerprint density at radius 1 is 1.63 bits per heavy atom. The van der Waals surface area contributed by atoms with Gasteiger partial charge in [-0.05, 0) is 53.8 Å². The van der Waals surface area contributed by atoms with Gasteiger partial charge in [-0.3, -0.25) is 4.79 Å². The van der Waals surface area contributed by atoms with Crippen molar-refractivity contribution in [3.8, 4) is 0 Å². The molecule has 3 unspecified atom stereocenters. The Hall–Kier alpha value is -0.650. The summed E-state index contributed by atoms with van der Waals surface area (Å²) in [6, 6.07) is 0.873. The number of nitrogens with two attached hydrogens (primary N) is 1. The lowest BCUT2D eigenvalue weighted by molar-refractivity contribution is -0.147. The molecule has 5 nitrogen and oxygen atoms in total. The molecule has 1 saturated heterocycles. The van der Waals surface area contributed by atoms with Gasteiger partial charge in [0.1, 0.15) is 5.54 Å². The van der Waals surface area contributed by atoms with Crippen LogP contribution in [-0.4, -0.2) is 67.7 Å². The summed E-state index contributed by atoms with van der Waals surface area (Å²) in [6.07, 6.45) is 3.14. The molecule has 0 aliphatic carbocycles. The van der Waals surface area contributed by atoms with E-state index in [1.54, 1.807) is 6.92 Å². The van der Waals surface area contributed by atoms with Gasteiger partial charge in [0.25, 0.3) is 0 Å². The van der Waals surface area contributed by atoms with Crippen LogP contribution in [0.2, 0.25) is 0 Å². The number of hydrogen-bond acceptors (Lipinski definition) is 5. The molecular weight excluding hydrogens is 242 g/mol. The molecule has 1 aliphatic heterocycles.